The molecule has 0 saturated carbocycles. The largest absolute Gasteiger partial charge is 0.493 e. The Kier molecular flexibility index (Phi) is 9.01. The highest BCUT2D eigenvalue weighted by atomic mass is 35.5. The van der Waals surface area contributed by atoms with Crippen molar-refractivity contribution >= 4 is 29.1 Å². The summed E-state index contributed by atoms with van der Waals surface area (Å²) in [5.41, 5.74) is 2.98. The van der Waals surface area contributed by atoms with Crippen molar-refractivity contribution in [3.05, 3.63) is 93.5 Å². The van der Waals surface area contributed by atoms with Crippen molar-refractivity contribution in [1.82, 2.24) is 10.6 Å². The van der Waals surface area contributed by atoms with E-state index in [0.717, 1.165) is 29.5 Å². The van der Waals surface area contributed by atoms with E-state index in [-0.39, 0.29) is 11.9 Å². The van der Waals surface area contributed by atoms with Gasteiger partial charge in [0, 0.05) is 23.1 Å². The molecule has 3 aromatic rings. The molecule has 0 fully saturated rings. The molecule has 2 atom stereocenters. The molecule has 3 aromatic carbocycles. The minimum absolute atomic E-state index is 0.130. The lowest BCUT2D eigenvalue weighted by molar-refractivity contribution is -0.123. The molecule has 1 amide bonds. The molecule has 33 heavy (non-hydrogen) atoms. The van der Waals surface area contributed by atoms with Gasteiger partial charge in [0.2, 0.25) is 5.91 Å². The van der Waals surface area contributed by atoms with Gasteiger partial charge in [-0.2, -0.15) is 0 Å². The van der Waals surface area contributed by atoms with Gasteiger partial charge in [-0.15, -0.1) is 0 Å². The summed E-state index contributed by atoms with van der Waals surface area (Å²) in [5, 5.41) is 7.64. The summed E-state index contributed by atoms with van der Waals surface area (Å²) in [4.78, 5) is 12.8. The predicted molar refractivity (Wildman–Crippen MR) is 133 cm³/mol. The van der Waals surface area contributed by atoms with E-state index in [1.807, 2.05) is 54.6 Å². The highest BCUT2D eigenvalue weighted by Crippen LogP contribution is 2.33. The Morgan fingerprint density at radius 3 is 2.00 bits per heavy atom. The molecule has 0 bridgehead atoms. The van der Waals surface area contributed by atoms with Gasteiger partial charge >= 0.3 is 0 Å². The quantitative estimate of drug-likeness (QED) is 0.382. The van der Waals surface area contributed by atoms with Crippen LogP contribution in [-0.4, -0.2) is 27.2 Å². The first kappa shape index (κ1) is 24.9. The zero-order valence-electron chi connectivity index (χ0n) is 18.9. The van der Waals surface area contributed by atoms with E-state index < -0.39 is 6.04 Å². The van der Waals surface area contributed by atoms with Gasteiger partial charge in [-0.25, -0.2) is 0 Å². The maximum absolute atomic E-state index is 12.8. The molecular weight excluding hydrogens is 459 g/mol. The number of ether oxygens (including phenoxy) is 2. The Labute approximate surface area is 205 Å². The van der Waals surface area contributed by atoms with Crippen LogP contribution in [0.4, 0.5) is 0 Å². The summed E-state index contributed by atoms with van der Waals surface area (Å²) < 4.78 is 10.9. The van der Waals surface area contributed by atoms with Gasteiger partial charge in [-0.3, -0.25) is 10.1 Å². The van der Waals surface area contributed by atoms with Crippen LogP contribution in [-0.2, 0) is 11.2 Å². The van der Waals surface area contributed by atoms with E-state index in [9.17, 15) is 4.79 Å². The van der Waals surface area contributed by atoms with Gasteiger partial charge in [0.1, 0.15) is 6.04 Å². The van der Waals surface area contributed by atoms with Gasteiger partial charge in [0.15, 0.2) is 11.5 Å². The van der Waals surface area contributed by atoms with Crippen molar-refractivity contribution in [1.29, 1.82) is 0 Å². The number of carbonyl (C=O) groups is 1. The Balaban J connectivity index is 1.94. The van der Waals surface area contributed by atoms with E-state index in [1.54, 1.807) is 33.4 Å². The Morgan fingerprint density at radius 1 is 0.848 bits per heavy atom. The lowest BCUT2D eigenvalue weighted by Crippen LogP contribution is -2.38. The third-order valence-corrected chi connectivity index (χ3v) is 6.03. The second-order valence-electron chi connectivity index (χ2n) is 7.60. The molecule has 0 heterocycles. The Bertz CT molecular complexity index is 1060. The molecule has 0 aliphatic rings. The first-order chi connectivity index (χ1) is 15.9. The number of benzene rings is 3. The molecule has 0 unspecified atom stereocenters. The number of likely N-dealkylation sites (N-methyl/N-ethyl adjacent to an activating group) is 1. The van der Waals surface area contributed by atoms with Crippen molar-refractivity contribution in [3.8, 4) is 11.5 Å². The summed E-state index contributed by atoms with van der Waals surface area (Å²) in [6.07, 6.45) is 1.54. The normalized spacial score (nSPS) is 12.6. The van der Waals surface area contributed by atoms with E-state index >= 15 is 0 Å². The SMILES string of the molecule is CNC(=O)[C@H](N[C@@H](CCc1ccc(Cl)cc1)c1ccc(OC)c(OC)c1)c1ccc(Cl)cc1. The lowest BCUT2D eigenvalue weighted by Gasteiger charge is -2.26. The van der Waals surface area contributed by atoms with Crippen molar-refractivity contribution in [2.45, 2.75) is 24.9 Å². The molecule has 0 spiro atoms. The fourth-order valence-corrected chi connectivity index (χ4v) is 3.95. The maximum Gasteiger partial charge on any atom is 0.241 e. The van der Waals surface area contributed by atoms with Crippen LogP contribution in [0.2, 0.25) is 10.0 Å². The molecule has 174 valence electrons. The van der Waals surface area contributed by atoms with Gasteiger partial charge in [0.05, 0.1) is 14.2 Å². The summed E-state index contributed by atoms with van der Waals surface area (Å²) in [5.74, 6) is 1.16. The first-order valence-electron chi connectivity index (χ1n) is 10.6. The van der Waals surface area contributed by atoms with E-state index in [0.29, 0.717) is 21.5 Å². The van der Waals surface area contributed by atoms with Crippen LogP contribution in [0.25, 0.3) is 0 Å². The molecule has 5 nitrogen and oxygen atoms in total. The van der Waals surface area contributed by atoms with Crippen LogP contribution >= 0.6 is 23.2 Å². The molecule has 3 rings (SSSR count). The maximum atomic E-state index is 12.8. The van der Waals surface area contributed by atoms with Crippen LogP contribution in [0.5, 0.6) is 11.5 Å². The minimum atomic E-state index is -0.560. The van der Waals surface area contributed by atoms with E-state index in [4.69, 9.17) is 32.7 Å². The van der Waals surface area contributed by atoms with Gasteiger partial charge in [0.25, 0.3) is 0 Å². The number of halogens is 2. The second-order valence-corrected chi connectivity index (χ2v) is 8.47. The molecule has 0 aliphatic carbocycles. The van der Waals surface area contributed by atoms with Crippen molar-refractivity contribution in [2.75, 3.05) is 21.3 Å². The van der Waals surface area contributed by atoms with Crippen LogP contribution in [0, 0.1) is 0 Å². The second kappa shape index (κ2) is 11.9. The molecule has 0 aromatic heterocycles. The predicted octanol–water partition coefficient (Wildman–Crippen LogP) is 5.76. The molecule has 0 aliphatic heterocycles. The van der Waals surface area contributed by atoms with Crippen LogP contribution in [0.15, 0.2) is 66.7 Å². The summed E-state index contributed by atoms with van der Waals surface area (Å²) in [6.45, 7) is 0. The third-order valence-electron chi connectivity index (χ3n) is 5.52. The van der Waals surface area contributed by atoms with Gasteiger partial charge in [-0.1, -0.05) is 53.5 Å². The Hall–Kier alpha value is -2.73. The first-order valence-corrected chi connectivity index (χ1v) is 11.4. The monoisotopic (exact) mass is 486 g/mol. The number of hydrogen-bond acceptors (Lipinski definition) is 4. The highest BCUT2D eigenvalue weighted by Gasteiger charge is 2.25. The average Bonchev–Trinajstić information content (AvgIpc) is 2.85. The molecule has 2 N–H and O–H groups in total. The van der Waals surface area contributed by atoms with Crippen LogP contribution in [0.3, 0.4) is 0 Å². The third kappa shape index (κ3) is 6.64. The number of rotatable bonds is 10. The average molecular weight is 487 g/mol. The number of hydrogen-bond donors (Lipinski definition) is 2. The molecule has 0 radical (unpaired) electrons. The number of amides is 1. The number of nitrogens with one attached hydrogen (secondary N) is 2. The molecule has 7 heteroatoms. The number of carbonyl (C=O) groups excluding carboxylic acids is 1. The van der Waals surface area contributed by atoms with E-state index in [2.05, 4.69) is 10.6 Å². The fourth-order valence-electron chi connectivity index (χ4n) is 3.70. The van der Waals surface area contributed by atoms with E-state index in [1.165, 1.54) is 0 Å². The molecule has 0 saturated heterocycles. The van der Waals surface area contributed by atoms with Crippen LogP contribution in [0.1, 0.15) is 35.2 Å². The standard InChI is InChI=1S/C26H28Cl2N2O3/c1-29-26(31)25(18-7-12-21(28)13-8-18)30-22(14-6-17-4-10-20(27)11-5-17)19-9-15-23(32-2)24(16-19)33-3/h4-5,7-13,15-16,22,25,30H,6,14H2,1-3H3,(H,29,31)/t22-,25+/m0/s1. The highest BCUT2D eigenvalue weighted by molar-refractivity contribution is 6.30. The minimum Gasteiger partial charge on any atom is -0.493 e. The summed E-state index contributed by atoms with van der Waals surface area (Å²) >= 11 is 12.1. The lowest BCUT2D eigenvalue weighted by atomic mass is 9.96. The Morgan fingerprint density at radius 2 is 1.42 bits per heavy atom. The number of methoxy groups -OCH3 is 2. The van der Waals surface area contributed by atoms with Crippen molar-refractivity contribution in [3.63, 3.8) is 0 Å². The van der Waals surface area contributed by atoms with Gasteiger partial charge < -0.3 is 14.8 Å². The van der Waals surface area contributed by atoms with Crippen LogP contribution < -0.4 is 20.1 Å². The van der Waals surface area contributed by atoms with Crippen molar-refractivity contribution in [2.24, 2.45) is 0 Å². The fraction of sp³-hybridized carbons (Fsp3) is 0.269. The smallest absolute Gasteiger partial charge is 0.241 e. The molecular formula is C26H28Cl2N2O3. The topological polar surface area (TPSA) is 59.6 Å². The summed E-state index contributed by atoms with van der Waals surface area (Å²) in [6, 6.07) is 20.2. The summed E-state index contributed by atoms with van der Waals surface area (Å²) in [7, 11) is 4.85. The zero-order chi connectivity index (χ0) is 23.8. The van der Waals surface area contributed by atoms with Gasteiger partial charge in [-0.05, 0) is 65.9 Å². The zero-order valence-corrected chi connectivity index (χ0v) is 20.4. The number of aryl methyl sites for hydroxylation is 1. The van der Waals surface area contributed by atoms with Crippen molar-refractivity contribution < 1.29 is 14.3 Å².